The van der Waals surface area contributed by atoms with Crippen LogP contribution in [0.15, 0.2) is 40.6 Å². The van der Waals surface area contributed by atoms with Crippen molar-refractivity contribution >= 4 is 34.3 Å². The van der Waals surface area contributed by atoms with Gasteiger partial charge >= 0.3 is 0 Å². The Morgan fingerprint density at radius 1 is 1.19 bits per heavy atom. The van der Waals surface area contributed by atoms with Gasteiger partial charge in [-0.2, -0.15) is 5.10 Å². The molecule has 10 nitrogen and oxygen atoms in total. The number of aromatic nitrogens is 3. The molecule has 0 spiro atoms. The first-order valence-electron chi connectivity index (χ1n) is 12.1. The number of hydrogen-bond donors (Lipinski definition) is 5. The zero-order chi connectivity index (χ0) is 25.1. The van der Waals surface area contributed by atoms with Crippen LogP contribution in [-0.2, 0) is 11.3 Å². The van der Waals surface area contributed by atoms with Gasteiger partial charge in [0.15, 0.2) is 11.5 Å². The molecule has 2 aliphatic carbocycles. The van der Waals surface area contributed by atoms with Gasteiger partial charge in [-0.15, -0.1) is 0 Å². The van der Waals surface area contributed by atoms with Gasteiger partial charge in [0.2, 0.25) is 0 Å². The second kappa shape index (κ2) is 10.4. The zero-order valence-corrected chi connectivity index (χ0v) is 19.7. The average Bonchev–Trinajstić information content (AvgIpc) is 3.27. The van der Waals surface area contributed by atoms with E-state index < -0.39 is 11.7 Å². The number of carbonyl (C=O) groups is 1. The second-order valence-electron chi connectivity index (χ2n) is 9.25. The van der Waals surface area contributed by atoms with Crippen LogP contribution in [0.5, 0.6) is 0 Å². The summed E-state index contributed by atoms with van der Waals surface area (Å²) in [7, 11) is 0. The highest BCUT2D eigenvalue weighted by atomic mass is 19.1. The van der Waals surface area contributed by atoms with Crippen molar-refractivity contribution in [2.45, 2.75) is 63.6 Å². The summed E-state index contributed by atoms with van der Waals surface area (Å²) in [6.07, 6.45) is 7.13. The molecule has 2 heterocycles. The van der Waals surface area contributed by atoms with Crippen LogP contribution in [0.3, 0.4) is 0 Å². The molecule has 2 fully saturated rings. The molecule has 0 radical (unpaired) electrons. The number of nitrogens with one attached hydrogen (secondary N) is 3. The minimum absolute atomic E-state index is 0.0768. The van der Waals surface area contributed by atoms with Gasteiger partial charge in [0, 0.05) is 30.1 Å². The molecule has 188 valence electrons. The molecule has 0 aliphatic heterocycles. The summed E-state index contributed by atoms with van der Waals surface area (Å²) < 4.78 is 15.0. The Morgan fingerprint density at radius 3 is 2.69 bits per heavy atom. The number of H-pyrrole nitrogens is 1. The van der Waals surface area contributed by atoms with Gasteiger partial charge in [0.25, 0.3) is 11.7 Å². The monoisotopic (exact) mass is 493 g/mol. The minimum Gasteiger partial charge on any atom is -0.409 e. The van der Waals surface area contributed by atoms with Gasteiger partial charge in [-0.25, -0.2) is 14.4 Å². The number of aliphatic imine (C=N–C) groups is 1. The third-order valence-corrected chi connectivity index (χ3v) is 6.79. The number of oxime groups is 1. The maximum atomic E-state index is 15.0. The maximum absolute atomic E-state index is 15.0. The number of fused-ring (bicyclic) bond motifs is 1. The Bertz CT molecular complexity index is 1320. The lowest BCUT2D eigenvalue weighted by atomic mass is 9.93. The predicted molar refractivity (Wildman–Crippen MR) is 134 cm³/mol. The molecule has 3 aromatic rings. The zero-order valence-electron chi connectivity index (χ0n) is 19.7. The number of amidine groups is 1. The first-order valence-corrected chi connectivity index (χ1v) is 12.1. The van der Waals surface area contributed by atoms with Gasteiger partial charge in [0.05, 0.1) is 11.5 Å². The van der Waals surface area contributed by atoms with Crippen molar-refractivity contribution in [1.29, 1.82) is 0 Å². The van der Waals surface area contributed by atoms with Crippen molar-refractivity contribution < 1.29 is 19.5 Å². The Hall–Kier alpha value is -3.86. The normalized spacial score (nSPS) is 20.2. The number of aliphatic hydroxyl groups excluding tert-OH is 1. The van der Waals surface area contributed by atoms with Crippen molar-refractivity contribution in [2.24, 2.45) is 10.1 Å². The molecule has 5 rings (SSSR count). The lowest BCUT2D eigenvalue weighted by Crippen LogP contribution is -2.31. The standard InChI is InChI=1S/C25H28FN7O3/c26-20-12-14(4-5-15(20)13-28-25(35)24(33-36)30-16-2-1-3-16)19-10-11-27-22-21(19)23(32-31-22)29-17-6-8-18(34)9-7-17/h4-5,10-12,17-18,34,36H,1-3,6-9,13H2,(H,28,35)(H2,27,29,31,32)/b33-24-. The number of pyridine rings is 1. The molecule has 1 amide bonds. The van der Waals surface area contributed by atoms with Crippen LogP contribution in [0.1, 0.15) is 50.5 Å². The lowest BCUT2D eigenvalue weighted by molar-refractivity contribution is -0.115. The summed E-state index contributed by atoms with van der Waals surface area (Å²) in [5.41, 5.74) is 3.11. The van der Waals surface area contributed by atoms with Crippen molar-refractivity contribution in [3.8, 4) is 11.1 Å². The molecule has 0 atom stereocenters. The molecular formula is C25H28FN7O3. The Balaban J connectivity index is 1.33. The fraction of sp³-hybridized carbons (Fsp3) is 0.400. The lowest BCUT2D eigenvalue weighted by Gasteiger charge is -2.26. The number of nitrogens with zero attached hydrogens (tertiary/aromatic N) is 4. The highest BCUT2D eigenvalue weighted by Gasteiger charge is 2.22. The second-order valence-corrected chi connectivity index (χ2v) is 9.25. The van der Waals surface area contributed by atoms with E-state index in [0.29, 0.717) is 17.0 Å². The maximum Gasteiger partial charge on any atom is 0.292 e. The van der Waals surface area contributed by atoms with E-state index in [0.717, 1.165) is 61.6 Å². The molecule has 1 aromatic carbocycles. The quantitative estimate of drug-likeness (QED) is 0.159. The smallest absolute Gasteiger partial charge is 0.292 e. The fourth-order valence-electron chi connectivity index (χ4n) is 4.54. The van der Waals surface area contributed by atoms with Crippen LogP contribution < -0.4 is 10.6 Å². The van der Waals surface area contributed by atoms with Crippen LogP contribution in [0.25, 0.3) is 22.2 Å². The van der Waals surface area contributed by atoms with Crippen LogP contribution in [-0.4, -0.2) is 55.1 Å². The first-order chi connectivity index (χ1) is 17.5. The number of amides is 1. The number of anilines is 1. The van der Waals surface area contributed by atoms with E-state index in [1.165, 1.54) is 6.07 Å². The van der Waals surface area contributed by atoms with E-state index in [9.17, 15) is 9.90 Å². The minimum atomic E-state index is -0.666. The van der Waals surface area contributed by atoms with Crippen LogP contribution in [0.2, 0.25) is 0 Å². The summed E-state index contributed by atoms with van der Waals surface area (Å²) in [5.74, 6) is -0.825. The molecule has 0 bridgehead atoms. The molecule has 11 heteroatoms. The van der Waals surface area contributed by atoms with Crippen LogP contribution in [0, 0.1) is 5.82 Å². The van der Waals surface area contributed by atoms with E-state index in [1.54, 1.807) is 18.3 Å². The third-order valence-electron chi connectivity index (χ3n) is 6.79. The van der Waals surface area contributed by atoms with Crippen molar-refractivity contribution in [1.82, 2.24) is 20.5 Å². The van der Waals surface area contributed by atoms with E-state index in [1.807, 2.05) is 6.07 Å². The van der Waals surface area contributed by atoms with Gasteiger partial charge in [-0.1, -0.05) is 17.3 Å². The predicted octanol–water partition coefficient (Wildman–Crippen LogP) is 3.51. The van der Waals surface area contributed by atoms with E-state index in [4.69, 9.17) is 5.21 Å². The molecule has 5 N–H and O–H groups in total. The van der Waals surface area contributed by atoms with E-state index in [2.05, 4.69) is 36.0 Å². The fourth-order valence-corrected chi connectivity index (χ4v) is 4.54. The topological polar surface area (TPSA) is 148 Å². The van der Waals surface area contributed by atoms with Crippen LogP contribution in [0.4, 0.5) is 10.2 Å². The molecule has 2 saturated carbocycles. The summed E-state index contributed by atoms with van der Waals surface area (Å²) >= 11 is 0. The van der Waals surface area contributed by atoms with E-state index in [-0.39, 0.29) is 30.1 Å². The van der Waals surface area contributed by atoms with Crippen LogP contribution >= 0.6 is 0 Å². The number of aliphatic hydroxyl groups is 1. The van der Waals surface area contributed by atoms with Gasteiger partial charge in [-0.05, 0) is 68.2 Å². The Morgan fingerprint density at radius 2 is 2.00 bits per heavy atom. The number of benzene rings is 1. The van der Waals surface area contributed by atoms with Crippen molar-refractivity contribution in [3.63, 3.8) is 0 Å². The van der Waals surface area contributed by atoms with Gasteiger partial charge in [-0.3, -0.25) is 9.89 Å². The Kier molecular flexibility index (Phi) is 6.90. The molecule has 2 aliphatic rings. The van der Waals surface area contributed by atoms with Gasteiger partial charge < -0.3 is 20.9 Å². The summed E-state index contributed by atoms with van der Waals surface area (Å²) in [5, 5.41) is 36.0. The summed E-state index contributed by atoms with van der Waals surface area (Å²) in [6, 6.07) is 6.81. The number of hydrogen-bond acceptors (Lipinski definition) is 7. The highest BCUT2D eigenvalue weighted by Crippen LogP contribution is 2.33. The molecule has 0 saturated heterocycles. The summed E-state index contributed by atoms with van der Waals surface area (Å²) in [4.78, 5) is 20.7. The molecule has 2 aromatic heterocycles. The average molecular weight is 494 g/mol. The Labute approximate surface area is 206 Å². The molecule has 36 heavy (non-hydrogen) atoms. The van der Waals surface area contributed by atoms with Gasteiger partial charge in [0.1, 0.15) is 5.82 Å². The molecular weight excluding hydrogens is 465 g/mol. The third kappa shape index (κ3) is 5.06. The number of rotatable bonds is 5. The number of aromatic amines is 1. The molecule has 0 unspecified atom stereocenters. The van der Waals surface area contributed by atoms with Crippen molar-refractivity contribution in [2.75, 3.05) is 5.32 Å². The van der Waals surface area contributed by atoms with Crippen molar-refractivity contribution in [3.05, 3.63) is 41.8 Å². The summed E-state index contributed by atoms with van der Waals surface area (Å²) in [6.45, 7) is -0.0768. The number of carbonyl (C=O) groups excluding carboxylic acids is 1. The first kappa shape index (κ1) is 23.9. The SMILES string of the molecule is O=C(NCc1ccc(-c2ccnc3[nH]nc(NC4CCC(O)CC4)c23)cc1F)/C(N=C1CCC1)=N/O. The highest BCUT2D eigenvalue weighted by molar-refractivity contribution is 6.39. The largest absolute Gasteiger partial charge is 0.409 e. The van der Waals surface area contributed by atoms with E-state index >= 15 is 4.39 Å². The number of halogens is 1.